The Labute approximate surface area is 264 Å². The molecule has 0 bridgehead atoms. The maximum Gasteiger partial charge on any atom is 4.00 e. The first-order chi connectivity index (χ1) is 19.9. The van der Waals surface area contributed by atoms with Crippen LogP contribution in [-0.4, -0.2) is 11.9 Å². The van der Waals surface area contributed by atoms with E-state index in [1.54, 1.807) is 0 Å². The average molecular weight is 731 g/mol. The van der Waals surface area contributed by atoms with E-state index in [1.165, 1.54) is 27.8 Å². The largest absolute Gasteiger partial charge is 4.00 e. The van der Waals surface area contributed by atoms with Gasteiger partial charge in [-0.2, -0.15) is 6.67 Å². The van der Waals surface area contributed by atoms with Crippen molar-refractivity contribution in [3.8, 4) is 22.3 Å². The van der Waals surface area contributed by atoms with Gasteiger partial charge in [0.1, 0.15) is 0 Å². The zero-order valence-electron chi connectivity index (χ0n) is 24.2. The number of anilines is 3. The Morgan fingerprint density at radius 1 is 0.643 bits per heavy atom. The smallest absolute Gasteiger partial charge is 0.512 e. The van der Waals surface area contributed by atoms with Crippen LogP contribution in [0.1, 0.15) is 26.3 Å². The second-order valence-corrected chi connectivity index (χ2v) is 11.0. The molecule has 4 aromatic carbocycles. The summed E-state index contributed by atoms with van der Waals surface area (Å²) >= 11 is 0. The summed E-state index contributed by atoms with van der Waals surface area (Å²) in [4.78, 5) is 8.57. The number of nitrogens with zero attached hydrogens (tertiary/aromatic N) is 5. The van der Waals surface area contributed by atoms with Crippen molar-refractivity contribution in [2.24, 2.45) is 0 Å². The Balaban J connectivity index is 0.00000132. The third-order valence-electron chi connectivity index (χ3n) is 7.13. The minimum Gasteiger partial charge on any atom is -0.512 e. The molecule has 0 N–H and O–H groups in total. The summed E-state index contributed by atoms with van der Waals surface area (Å²) in [5.74, 6) is 0. The number of benzene rings is 4. The average Bonchev–Trinajstić information content (AvgIpc) is 3.68. The monoisotopic (exact) mass is 730 g/mol. The van der Waals surface area contributed by atoms with Crippen LogP contribution in [0.4, 0.5) is 17.1 Å². The quantitative estimate of drug-likeness (QED) is 0.193. The van der Waals surface area contributed by atoms with Gasteiger partial charge < -0.3 is 31.4 Å². The van der Waals surface area contributed by atoms with Crippen molar-refractivity contribution in [2.45, 2.75) is 26.2 Å². The first kappa shape index (κ1) is 30.7. The van der Waals surface area contributed by atoms with Gasteiger partial charge in [0.2, 0.25) is 0 Å². The summed E-state index contributed by atoms with van der Waals surface area (Å²) < 4.78 is 0. The van der Waals surface area contributed by atoms with Gasteiger partial charge in [-0.25, -0.2) is 0 Å². The topological polar surface area (TPSA) is 36.8 Å². The van der Waals surface area contributed by atoms with Gasteiger partial charge in [-0.1, -0.05) is 99.6 Å². The van der Waals surface area contributed by atoms with Crippen molar-refractivity contribution in [3.05, 3.63) is 147 Å². The van der Waals surface area contributed by atoms with Gasteiger partial charge in [0.15, 0.2) is 0 Å². The van der Waals surface area contributed by atoms with E-state index in [2.05, 4.69) is 164 Å². The van der Waals surface area contributed by atoms with Crippen LogP contribution in [0.15, 0.2) is 116 Å². The first-order valence-electron chi connectivity index (χ1n) is 13.5. The normalized spacial score (nSPS) is 14.0. The van der Waals surface area contributed by atoms with Crippen LogP contribution in [0.25, 0.3) is 22.3 Å². The van der Waals surface area contributed by atoms with Crippen molar-refractivity contribution in [1.82, 2.24) is 4.90 Å². The minimum atomic E-state index is -0.00253. The molecule has 5 nitrogen and oxygen atoms in total. The molecule has 0 aromatic heterocycles. The second-order valence-electron chi connectivity index (χ2n) is 11.0. The molecule has 6 rings (SSSR count). The van der Waals surface area contributed by atoms with Gasteiger partial charge in [-0.05, 0) is 48.4 Å². The zero-order valence-corrected chi connectivity index (χ0v) is 26.4. The van der Waals surface area contributed by atoms with Crippen molar-refractivity contribution in [1.29, 1.82) is 5.26 Å². The summed E-state index contributed by atoms with van der Waals surface area (Å²) in [5, 5.41) is 6.25. The number of rotatable bonds is 5. The predicted octanol–water partition coefficient (Wildman–Crippen LogP) is 8.47. The predicted molar refractivity (Wildman–Crippen MR) is 168 cm³/mol. The van der Waals surface area contributed by atoms with E-state index in [0.717, 1.165) is 17.1 Å². The Bertz CT molecular complexity index is 1510. The van der Waals surface area contributed by atoms with E-state index in [9.17, 15) is 0 Å². The molecular weight excluding hydrogens is 698 g/mol. The van der Waals surface area contributed by atoms with Crippen LogP contribution in [0.2, 0.25) is 0 Å². The number of hydrogen-bond acceptors (Lipinski definition) is 5. The molecule has 6 heteroatoms. The fourth-order valence-electron chi connectivity index (χ4n) is 5.00. The molecular formula is C36H33N5Pt. The third kappa shape index (κ3) is 6.46. The fraction of sp³-hybridized carbons (Fsp3) is 0.139. The van der Waals surface area contributed by atoms with Gasteiger partial charge >= 0.3 is 21.1 Å². The molecule has 2 heterocycles. The zero-order chi connectivity index (χ0) is 29.0. The number of hydrogen-bond donors (Lipinski definition) is 0. The van der Waals surface area contributed by atoms with Crippen LogP contribution < -0.4 is 14.7 Å². The Kier molecular flexibility index (Phi) is 9.61. The molecule has 0 unspecified atom stereocenters. The van der Waals surface area contributed by atoms with Crippen molar-refractivity contribution >= 4 is 17.1 Å². The maximum absolute atomic E-state index is 6.25. The standard InChI is InChI=1S/C35H33N4.CN.Pt/c1-35(2,3)29-22-30(37-19-18-36(4)25-37)24-31(23-29)38-20-21-39(26-38)34-32(27-12-7-5-8-13-27)16-11-17-33(34)28-14-9-6-10-15-28;1-2;/h5-23,25-26H,1-4H3;;/q-3;-1;+4. The molecule has 2 aliphatic heterocycles. The van der Waals surface area contributed by atoms with Gasteiger partial charge in [0, 0.05) is 16.8 Å². The van der Waals surface area contributed by atoms with Crippen LogP contribution in [-0.2, 0) is 26.5 Å². The summed E-state index contributed by atoms with van der Waals surface area (Å²) in [7, 11) is 2.04. The molecule has 212 valence electrons. The van der Waals surface area contributed by atoms with Crippen molar-refractivity contribution in [3.63, 3.8) is 0 Å². The van der Waals surface area contributed by atoms with Crippen molar-refractivity contribution < 1.29 is 21.1 Å². The summed E-state index contributed by atoms with van der Waals surface area (Å²) in [6.45, 7) is 15.7. The second kappa shape index (κ2) is 13.1. The van der Waals surface area contributed by atoms with Crippen molar-refractivity contribution in [2.75, 3.05) is 21.7 Å². The Morgan fingerprint density at radius 3 is 1.60 bits per heavy atom. The van der Waals surface area contributed by atoms with E-state index in [-0.39, 0.29) is 26.5 Å². The van der Waals surface area contributed by atoms with E-state index in [0.29, 0.717) is 0 Å². The van der Waals surface area contributed by atoms with E-state index in [4.69, 9.17) is 11.8 Å². The molecule has 0 amide bonds. The summed E-state index contributed by atoms with van der Waals surface area (Å²) in [6, 6.07) is 35.9. The summed E-state index contributed by atoms with van der Waals surface area (Å²) in [5.41, 5.74) is 9.19. The van der Waals surface area contributed by atoms with Gasteiger partial charge in [0.05, 0.1) is 0 Å². The Morgan fingerprint density at radius 2 is 1.12 bits per heavy atom. The Hall–Kier alpha value is -4.26. The van der Waals surface area contributed by atoms with Gasteiger partial charge in [-0.15, -0.1) is 41.8 Å². The molecule has 0 saturated carbocycles. The fourth-order valence-corrected chi connectivity index (χ4v) is 5.00. The molecule has 4 aromatic rings. The first-order valence-corrected chi connectivity index (χ1v) is 13.5. The van der Waals surface area contributed by atoms with Gasteiger partial charge in [-0.3, -0.25) is 0 Å². The van der Waals surface area contributed by atoms with Gasteiger partial charge in [0.25, 0.3) is 0 Å². The van der Waals surface area contributed by atoms with Crippen LogP contribution >= 0.6 is 0 Å². The van der Waals surface area contributed by atoms with Crippen LogP contribution in [0.5, 0.6) is 0 Å². The van der Waals surface area contributed by atoms with E-state index >= 15 is 0 Å². The molecule has 0 fully saturated rings. The summed E-state index contributed by atoms with van der Waals surface area (Å²) in [6.07, 6.45) is 8.38. The maximum atomic E-state index is 6.25. The molecule has 0 aliphatic carbocycles. The van der Waals surface area contributed by atoms with Crippen LogP contribution in [0, 0.1) is 31.2 Å². The van der Waals surface area contributed by atoms with E-state index < -0.39 is 0 Å². The molecule has 42 heavy (non-hydrogen) atoms. The molecule has 0 radical (unpaired) electrons. The molecule has 0 atom stereocenters. The SMILES string of the molecule is CN1C=CN(c2[c-]c(N3C=CN(c4c(-c5ccccc5)cccc4-c4ccccc4)[CH-]3)cc(C(C)(C)C)c2)[CH-]1.[C-]#N.[Pt+4]. The molecule has 2 aliphatic rings. The third-order valence-corrected chi connectivity index (χ3v) is 7.13. The minimum absolute atomic E-state index is 0. The molecule has 0 spiro atoms. The van der Waals surface area contributed by atoms with E-state index in [1.807, 2.05) is 18.1 Å². The molecule has 0 saturated heterocycles. The van der Waals surface area contributed by atoms with Crippen LogP contribution in [0.3, 0.4) is 0 Å². The number of para-hydroxylation sites is 1.